The Labute approximate surface area is 163 Å². The van der Waals surface area contributed by atoms with Gasteiger partial charge in [-0.15, -0.1) is 0 Å². The number of hydrogen-bond donors (Lipinski definition) is 1. The van der Waals surface area contributed by atoms with Crippen LogP contribution < -0.4 is 4.74 Å². The van der Waals surface area contributed by atoms with E-state index in [1.807, 2.05) is 19.9 Å². The zero-order valence-corrected chi connectivity index (χ0v) is 17.5. The van der Waals surface area contributed by atoms with Crippen LogP contribution in [0.3, 0.4) is 0 Å². The molecule has 1 heterocycles. The second kappa shape index (κ2) is 9.56. The average molecular weight is 378 g/mol. The van der Waals surface area contributed by atoms with Crippen molar-refractivity contribution in [2.75, 3.05) is 32.8 Å². The van der Waals surface area contributed by atoms with Gasteiger partial charge in [0.2, 0.25) is 0 Å². The predicted octanol–water partition coefficient (Wildman–Crippen LogP) is 3.31. The van der Waals surface area contributed by atoms with E-state index in [-0.39, 0.29) is 23.9 Å². The molecule has 1 aromatic rings. The zero-order chi connectivity index (χ0) is 20.0. The first kappa shape index (κ1) is 21.7. The Morgan fingerprint density at radius 1 is 1.37 bits per heavy atom. The summed E-state index contributed by atoms with van der Waals surface area (Å²) >= 11 is 0. The lowest BCUT2D eigenvalue weighted by molar-refractivity contribution is -0.150. The highest BCUT2D eigenvalue weighted by molar-refractivity contribution is 5.72. The minimum absolute atomic E-state index is 0.0843. The SMILES string of the molecule is CCOC(=O)[C@@H]1CCCN(C[C@@H](O)COc2ccc(C(C)(C)C)cc2C)C1. The van der Waals surface area contributed by atoms with E-state index in [0.717, 1.165) is 30.7 Å². The first-order valence-corrected chi connectivity index (χ1v) is 10.0. The molecule has 1 fully saturated rings. The number of nitrogens with zero attached hydrogens (tertiary/aromatic N) is 1. The summed E-state index contributed by atoms with van der Waals surface area (Å²) < 4.78 is 11.0. The summed E-state index contributed by atoms with van der Waals surface area (Å²) in [6.45, 7) is 13.1. The van der Waals surface area contributed by atoms with E-state index in [4.69, 9.17) is 9.47 Å². The van der Waals surface area contributed by atoms with Crippen molar-refractivity contribution in [3.63, 3.8) is 0 Å². The number of esters is 1. The molecule has 1 aliphatic rings. The van der Waals surface area contributed by atoms with Crippen molar-refractivity contribution < 1.29 is 19.4 Å². The van der Waals surface area contributed by atoms with Crippen molar-refractivity contribution in [3.8, 4) is 5.75 Å². The maximum atomic E-state index is 11.9. The molecular formula is C22H35NO4. The van der Waals surface area contributed by atoms with Gasteiger partial charge in [-0.25, -0.2) is 0 Å². The van der Waals surface area contributed by atoms with E-state index in [0.29, 0.717) is 19.7 Å². The Morgan fingerprint density at radius 2 is 2.11 bits per heavy atom. The summed E-state index contributed by atoms with van der Waals surface area (Å²) in [4.78, 5) is 14.1. The fraction of sp³-hybridized carbons (Fsp3) is 0.682. The molecule has 0 saturated carbocycles. The summed E-state index contributed by atoms with van der Waals surface area (Å²) in [6.07, 6.45) is 1.22. The molecule has 0 unspecified atom stereocenters. The summed E-state index contributed by atoms with van der Waals surface area (Å²) in [5.41, 5.74) is 2.45. The lowest BCUT2D eigenvalue weighted by Gasteiger charge is -2.32. The van der Waals surface area contributed by atoms with Crippen LogP contribution in [-0.4, -0.2) is 54.9 Å². The largest absolute Gasteiger partial charge is 0.491 e. The fourth-order valence-electron chi connectivity index (χ4n) is 3.49. The standard InChI is InChI=1S/C22H35NO4/c1-6-26-21(25)17-8-7-11-23(13-17)14-19(24)15-27-20-10-9-18(12-16(20)2)22(3,4)5/h9-10,12,17,19,24H,6-8,11,13-15H2,1-5H3/t17-,19-/m1/s1. The number of benzene rings is 1. The number of β-amino-alcohol motifs (C(OH)–C–C–N with tert-alkyl or cyclic N) is 1. The number of aliphatic hydroxyl groups excluding tert-OH is 1. The van der Waals surface area contributed by atoms with Gasteiger partial charge in [0.15, 0.2) is 0 Å². The van der Waals surface area contributed by atoms with Crippen molar-refractivity contribution in [3.05, 3.63) is 29.3 Å². The minimum Gasteiger partial charge on any atom is -0.491 e. The van der Waals surface area contributed by atoms with Crippen LogP contribution >= 0.6 is 0 Å². The Balaban J connectivity index is 1.84. The molecular weight excluding hydrogens is 342 g/mol. The molecule has 0 aliphatic carbocycles. The summed E-state index contributed by atoms with van der Waals surface area (Å²) in [5, 5.41) is 10.4. The Morgan fingerprint density at radius 3 is 2.74 bits per heavy atom. The van der Waals surface area contributed by atoms with Gasteiger partial charge >= 0.3 is 5.97 Å². The Hall–Kier alpha value is -1.59. The second-order valence-electron chi connectivity index (χ2n) is 8.55. The van der Waals surface area contributed by atoms with Gasteiger partial charge < -0.3 is 14.6 Å². The first-order chi connectivity index (χ1) is 12.7. The van der Waals surface area contributed by atoms with Crippen LogP contribution in [0.4, 0.5) is 0 Å². The van der Waals surface area contributed by atoms with E-state index in [1.165, 1.54) is 5.56 Å². The van der Waals surface area contributed by atoms with E-state index in [9.17, 15) is 9.90 Å². The van der Waals surface area contributed by atoms with Crippen LogP contribution in [0.5, 0.6) is 5.75 Å². The molecule has 1 aliphatic heterocycles. The van der Waals surface area contributed by atoms with Crippen molar-refractivity contribution in [2.45, 2.75) is 59.0 Å². The van der Waals surface area contributed by atoms with Gasteiger partial charge in [-0.2, -0.15) is 0 Å². The van der Waals surface area contributed by atoms with Crippen LogP contribution in [0.15, 0.2) is 18.2 Å². The minimum atomic E-state index is -0.590. The number of ether oxygens (including phenoxy) is 2. The lowest BCUT2D eigenvalue weighted by atomic mass is 9.86. The number of hydrogen-bond acceptors (Lipinski definition) is 5. The highest BCUT2D eigenvalue weighted by Crippen LogP contribution is 2.27. The van der Waals surface area contributed by atoms with E-state index >= 15 is 0 Å². The molecule has 0 amide bonds. The number of carbonyl (C=O) groups is 1. The Bertz CT molecular complexity index is 623. The molecule has 1 saturated heterocycles. The molecule has 2 atom stereocenters. The van der Waals surface area contributed by atoms with Crippen LogP contribution in [0.25, 0.3) is 0 Å². The summed E-state index contributed by atoms with van der Waals surface area (Å²) in [7, 11) is 0. The number of likely N-dealkylation sites (tertiary alicyclic amines) is 1. The second-order valence-corrected chi connectivity index (χ2v) is 8.55. The number of piperidine rings is 1. The van der Waals surface area contributed by atoms with Crippen LogP contribution in [-0.2, 0) is 14.9 Å². The molecule has 2 rings (SSSR count). The molecule has 0 spiro atoms. The van der Waals surface area contributed by atoms with Gasteiger partial charge in [0, 0.05) is 13.1 Å². The molecule has 1 N–H and O–H groups in total. The van der Waals surface area contributed by atoms with Gasteiger partial charge in [0.05, 0.1) is 12.5 Å². The van der Waals surface area contributed by atoms with Crippen LogP contribution in [0.2, 0.25) is 0 Å². The van der Waals surface area contributed by atoms with Crippen LogP contribution in [0, 0.1) is 12.8 Å². The van der Waals surface area contributed by atoms with Gasteiger partial charge in [-0.3, -0.25) is 9.69 Å². The van der Waals surface area contributed by atoms with Gasteiger partial charge in [0.1, 0.15) is 18.5 Å². The molecule has 5 heteroatoms. The smallest absolute Gasteiger partial charge is 0.310 e. The Kier molecular flexibility index (Phi) is 7.68. The molecule has 5 nitrogen and oxygen atoms in total. The van der Waals surface area contributed by atoms with E-state index in [1.54, 1.807) is 0 Å². The summed E-state index contributed by atoms with van der Waals surface area (Å²) in [5.74, 6) is 0.603. The molecule has 0 bridgehead atoms. The third-order valence-electron chi connectivity index (χ3n) is 5.07. The zero-order valence-electron chi connectivity index (χ0n) is 17.5. The first-order valence-electron chi connectivity index (χ1n) is 10.0. The van der Waals surface area contributed by atoms with Gasteiger partial charge in [-0.05, 0) is 55.8 Å². The van der Waals surface area contributed by atoms with E-state index in [2.05, 4.69) is 37.8 Å². The number of aliphatic hydroxyl groups is 1. The topological polar surface area (TPSA) is 59.0 Å². The number of carbonyl (C=O) groups excluding carboxylic acids is 1. The van der Waals surface area contributed by atoms with Crippen molar-refractivity contribution in [1.29, 1.82) is 0 Å². The third kappa shape index (κ3) is 6.51. The predicted molar refractivity (Wildman–Crippen MR) is 107 cm³/mol. The van der Waals surface area contributed by atoms with Crippen LogP contribution in [0.1, 0.15) is 51.7 Å². The monoisotopic (exact) mass is 377 g/mol. The highest BCUT2D eigenvalue weighted by atomic mass is 16.5. The molecule has 152 valence electrons. The number of rotatable bonds is 7. The van der Waals surface area contributed by atoms with Gasteiger partial charge in [-0.1, -0.05) is 32.9 Å². The molecule has 0 aromatic heterocycles. The van der Waals surface area contributed by atoms with Gasteiger partial charge in [0.25, 0.3) is 0 Å². The maximum Gasteiger partial charge on any atom is 0.310 e. The fourth-order valence-corrected chi connectivity index (χ4v) is 3.49. The molecule has 27 heavy (non-hydrogen) atoms. The van der Waals surface area contributed by atoms with E-state index < -0.39 is 6.10 Å². The molecule has 1 aromatic carbocycles. The maximum absolute atomic E-state index is 11.9. The van der Waals surface area contributed by atoms with Crippen molar-refractivity contribution in [2.24, 2.45) is 5.92 Å². The number of aryl methyl sites for hydroxylation is 1. The highest BCUT2D eigenvalue weighted by Gasteiger charge is 2.27. The third-order valence-corrected chi connectivity index (χ3v) is 5.07. The average Bonchev–Trinajstić information content (AvgIpc) is 2.60. The quantitative estimate of drug-likeness (QED) is 0.739. The normalized spacial score (nSPS) is 19.6. The van der Waals surface area contributed by atoms with Crippen molar-refractivity contribution in [1.82, 2.24) is 4.90 Å². The lowest BCUT2D eigenvalue weighted by Crippen LogP contribution is -2.44. The summed E-state index contributed by atoms with van der Waals surface area (Å²) in [6, 6.07) is 6.22. The van der Waals surface area contributed by atoms with Crippen molar-refractivity contribution >= 4 is 5.97 Å². The molecule has 0 radical (unpaired) electrons.